The van der Waals surface area contributed by atoms with Crippen molar-refractivity contribution in [3.05, 3.63) is 28.2 Å². The lowest BCUT2D eigenvalue weighted by Crippen LogP contribution is -2.19. The van der Waals surface area contributed by atoms with Crippen molar-refractivity contribution in [2.75, 3.05) is 20.8 Å². The molecule has 0 aliphatic heterocycles. The van der Waals surface area contributed by atoms with E-state index < -0.39 is 0 Å². The maximum absolute atomic E-state index is 5.86. The highest BCUT2D eigenvalue weighted by Crippen LogP contribution is 2.29. The number of ether oxygens (including phenoxy) is 2. The molecule has 0 aliphatic rings. The average Bonchev–Trinajstić information content (AvgIpc) is 2.24. The van der Waals surface area contributed by atoms with E-state index in [1.165, 1.54) is 0 Å². The molecule has 0 amide bonds. The lowest BCUT2D eigenvalue weighted by Gasteiger charge is -2.18. The van der Waals surface area contributed by atoms with Crippen LogP contribution >= 0.6 is 15.9 Å². The first kappa shape index (κ1) is 13.5. The fraction of sp³-hybridized carbons (Fsp3) is 0.500. The maximum Gasteiger partial charge on any atom is 0.138 e. The van der Waals surface area contributed by atoms with Gasteiger partial charge in [0.2, 0.25) is 0 Å². The number of benzene rings is 1. The Morgan fingerprint density at radius 3 is 2.81 bits per heavy atom. The molecule has 0 bridgehead atoms. The van der Waals surface area contributed by atoms with Crippen LogP contribution < -0.4 is 10.1 Å². The van der Waals surface area contributed by atoms with Crippen molar-refractivity contribution in [1.82, 2.24) is 5.32 Å². The predicted octanol–water partition coefficient (Wildman–Crippen LogP) is 2.58. The first-order chi connectivity index (χ1) is 7.69. The van der Waals surface area contributed by atoms with E-state index in [2.05, 4.69) is 27.3 Å². The predicted molar refractivity (Wildman–Crippen MR) is 68.9 cm³/mol. The van der Waals surface area contributed by atoms with Crippen LogP contribution in [0, 0.1) is 0 Å². The second-order valence-electron chi connectivity index (χ2n) is 3.64. The molecule has 1 unspecified atom stereocenters. The largest absolute Gasteiger partial charge is 0.487 e. The van der Waals surface area contributed by atoms with Gasteiger partial charge in [-0.2, -0.15) is 0 Å². The van der Waals surface area contributed by atoms with Crippen LogP contribution in [0.1, 0.15) is 12.5 Å². The molecular formula is C12H18BrNO2. The Balaban J connectivity index is 2.83. The van der Waals surface area contributed by atoms with Crippen LogP contribution in [-0.2, 0) is 11.3 Å². The molecule has 1 atom stereocenters. The molecular weight excluding hydrogens is 270 g/mol. The zero-order valence-corrected chi connectivity index (χ0v) is 11.5. The summed E-state index contributed by atoms with van der Waals surface area (Å²) in [6.45, 7) is 3.36. The van der Waals surface area contributed by atoms with Gasteiger partial charge in [0.25, 0.3) is 0 Å². The monoisotopic (exact) mass is 287 g/mol. The fourth-order valence-corrected chi connectivity index (χ4v) is 1.99. The van der Waals surface area contributed by atoms with Gasteiger partial charge in [0, 0.05) is 19.2 Å². The molecule has 0 aromatic heterocycles. The molecule has 0 heterocycles. The van der Waals surface area contributed by atoms with Crippen molar-refractivity contribution in [3.8, 4) is 5.75 Å². The summed E-state index contributed by atoms with van der Waals surface area (Å²) in [5.41, 5.74) is 1.14. The molecule has 0 fully saturated rings. The summed E-state index contributed by atoms with van der Waals surface area (Å²) < 4.78 is 11.9. The molecule has 0 aliphatic carbocycles. The van der Waals surface area contributed by atoms with E-state index >= 15 is 0 Å². The van der Waals surface area contributed by atoms with Crippen LogP contribution in [0.2, 0.25) is 0 Å². The van der Waals surface area contributed by atoms with Crippen molar-refractivity contribution in [2.45, 2.75) is 19.6 Å². The van der Waals surface area contributed by atoms with Crippen molar-refractivity contribution < 1.29 is 9.47 Å². The van der Waals surface area contributed by atoms with Gasteiger partial charge < -0.3 is 14.8 Å². The second kappa shape index (κ2) is 6.89. The smallest absolute Gasteiger partial charge is 0.138 e. The minimum absolute atomic E-state index is 0.0410. The Hall–Kier alpha value is -0.580. The summed E-state index contributed by atoms with van der Waals surface area (Å²) in [5.74, 6) is 0.890. The standard InChI is InChI=1S/C12H18BrNO2/c1-9(8-15-3)16-12-10(7-14-2)5-4-6-11(12)13/h4-6,9,14H,7-8H2,1-3H3. The number of hydrogen-bond acceptors (Lipinski definition) is 3. The minimum atomic E-state index is 0.0410. The van der Waals surface area contributed by atoms with Crippen LogP contribution in [0.25, 0.3) is 0 Å². The van der Waals surface area contributed by atoms with Gasteiger partial charge in [-0.1, -0.05) is 12.1 Å². The zero-order chi connectivity index (χ0) is 12.0. The van der Waals surface area contributed by atoms with E-state index in [0.717, 1.165) is 22.3 Å². The number of para-hydroxylation sites is 1. The first-order valence-corrected chi connectivity index (χ1v) is 6.06. The number of nitrogens with one attached hydrogen (secondary N) is 1. The van der Waals surface area contributed by atoms with Crippen molar-refractivity contribution >= 4 is 15.9 Å². The number of methoxy groups -OCH3 is 1. The van der Waals surface area contributed by atoms with Crippen LogP contribution in [-0.4, -0.2) is 26.9 Å². The third-order valence-electron chi connectivity index (χ3n) is 2.14. The summed E-state index contributed by atoms with van der Waals surface area (Å²) in [5, 5.41) is 3.12. The molecule has 1 aromatic carbocycles. The summed E-state index contributed by atoms with van der Waals surface area (Å²) in [4.78, 5) is 0. The fourth-order valence-electron chi connectivity index (χ4n) is 1.49. The molecule has 0 spiro atoms. The van der Waals surface area contributed by atoms with Crippen LogP contribution in [0.3, 0.4) is 0 Å². The van der Waals surface area contributed by atoms with E-state index in [-0.39, 0.29) is 6.10 Å². The number of rotatable bonds is 6. The van der Waals surface area contributed by atoms with Crippen molar-refractivity contribution in [1.29, 1.82) is 0 Å². The van der Waals surface area contributed by atoms with Gasteiger partial charge in [-0.15, -0.1) is 0 Å². The third kappa shape index (κ3) is 3.77. The molecule has 4 heteroatoms. The molecule has 0 radical (unpaired) electrons. The Morgan fingerprint density at radius 2 is 2.19 bits per heavy atom. The molecule has 1 aromatic rings. The first-order valence-electron chi connectivity index (χ1n) is 5.26. The molecule has 3 nitrogen and oxygen atoms in total. The lowest BCUT2D eigenvalue weighted by atomic mass is 10.2. The van der Waals surface area contributed by atoms with E-state index in [1.807, 2.05) is 26.1 Å². The zero-order valence-electron chi connectivity index (χ0n) is 9.92. The highest BCUT2D eigenvalue weighted by Gasteiger charge is 2.11. The second-order valence-corrected chi connectivity index (χ2v) is 4.50. The van der Waals surface area contributed by atoms with Gasteiger partial charge in [0.15, 0.2) is 0 Å². The Bertz CT molecular complexity index is 331. The van der Waals surface area contributed by atoms with Gasteiger partial charge in [-0.3, -0.25) is 0 Å². The number of hydrogen-bond donors (Lipinski definition) is 1. The SMILES string of the molecule is CNCc1cccc(Br)c1OC(C)COC. The normalized spacial score (nSPS) is 12.5. The summed E-state index contributed by atoms with van der Waals surface area (Å²) in [7, 11) is 3.59. The van der Waals surface area contributed by atoms with Gasteiger partial charge in [-0.25, -0.2) is 0 Å². The van der Waals surface area contributed by atoms with Crippen molar-refractivity contribution in [3.63, 3.8) is 0 Å². The van der Waals surface area contributed by atoms with Crippen LogP contribution in [0.5, 0.6) is 5.75 Å². The Kier molecular flexibility index (Phi) is 5.80. The van der Waals surface area contributed by atoms with Gasteiger partial charge in [0.1, 0.15) is 11.9 Å². The summed E-state index contributed by atoms with van der Waals surface area (Å²) in [6.07, 6.45) is 0.0410. The quantitative estimate of drug-likeness (QED) is 0.872. The van der Waals surface area contributed by atoms with E-state index in [1.54, 1.807) is 7.11 Å². The van der Waals surface area contributed by atoms with Crippen LogP contribution in [0.15, 0.2) is 22.7 Å². The molecule has 1 rings (SSSR count). The minimum Gasteiger partial charge on any atom is -0.487 e. The Labute approximate surface area is 105 Å². The molecule has 1 N–H and O–H groups in total. The Morgan fingerprint density at radius 1 is 1.44 bits per heavy atom. The van der Waals surface area contributed by atoms with E-state index in [4.69, 9.17) is 9.47 Å². The van der Waals surface area contributed by atoms with E-state index in [0.29, 0.717) is 6.61 Å². The van der Waals surface area contributed by atoms with Gasteiger partial charge in [-0.05, 0) is 36.0 Å². The lowest BCUT2D eigenvalue weighted by molar-refractivity contribution is 0.0908. The van der Waals surface area contributed by atoms with Crippen molar-refractivity contribution in [2.24, 2.45) is 0 Å². The number of halogens is 1. The molecule has 90 valence electrons. The van der Waals surface area contributed by atoms with Gasteiger partial charge in [0.05, 0.1) is 11.1 Å². The highest BCUT2D eigenvalue weighted by molar-refractivity contribution is 9.10. The third-order valence-corrected chi connectivity index (χ3v) is 2.76. The average molecular weight is 288 g/mol. The molecule has 0 saturated carbocycles. The summed E-state index contributed by atoms with van der Waals surface area (Å²) in [6, 6.07) is 6.04. The van der Waals surface area contributed by atoms with E-state index in [9.17, 15) is 0 Å². The molecule has 0 saturated heterocycles. The van der Waals surface area contributed by atoms with Crippen LogP contribution in [0.4, 0.5) is 0 Å². The highest BCUT2D eigenvalue weighted by atomic mass is 79.9. The topological polar surface area (TPSA) is 30.5 Å². The summed E-state index contributed by atoms with van der Waals surface area (Å²) >= 11 is 3.50. The maximum atomic E-state index is 5.86. The molecule has 16 heavy (non-hydrogen) atoms. The van der Waals surface area contributed by atoms with Gasteiger partial charge >= 0.3 is 0 Å².